The summed E-state index contributed by atoms with van der Waals surface area (Å²) < 4.78 is 5.52. The Kier molecular flexibility index (Phi) is 2.90. The van der Waals surface area contributed by atoms with E-state index >= 15 is 0 Å². The lowest BCUT2D eigenvalue weighted by atomic mass is 10.1. The zero-order valence-corrected chi connectivity index (χ0v) is 8.87. The van der Waals surface area contributed by atoms with Gasteiger partial charge in [0.25, 0.3) is 0 Å². The number of rotatable bonds is 3. The van der Waals surface area contributed by atoms with Crippen molar-refractivity contribution in [2.45, 2.75) is 25.6 Å². The van der Waals surface area contributed by atoms with Crippen molar-refractivity contribution < 1.29 is 4.74 Å². The van der Waals surface area contributed by atoms with Crippen molar-refractivity contribution in [1.29, 1.82) is 0 Å². The Morgan fingerprint density at radius 3 is 2.79 bits per heavy atom. The Balaban J connectivity index is 2.03. The van der Waals surface area contributed by atoms with Gasteiger partial charge in [0.05, 0.1) is 0 Å². The van der Waals surface area contributed by atoms with Gasteiger partial charge < -0.3 is 4.74 Å². The zero-order valence-electron chi connectivity index (χ0n) is 8.11. The molecule has 0 aliphatic carbocycles. The molecular weight excluding hydrogens is 196 g/mol. The molecule has 0 bridgehead atoms. The molecule has 1 heterocycles. The molecule has 1 aliphatic rings. The van der Waals surface area contributed by atoms with E-state index in [1.165, 1.54) is 5.56 Å². The average molecular weight is 209 g/mol. The molecule has 1 nitrogen and oxygen atoms in total. The summed E-state index contributed by atoms with van der Waals surface area (Å²) in [7, 11) is 0. The van der Waals surface area contributed by atoms with E-state index in [9.17, 15) is 0 Å². The third kappa shape index (κ3) is 1.99. The SMILES string of the molecule is CC/C=C(/Cl)[C@@H]1O[C@@H]1c1ccccc1. The molecule has 0 radical (unpaired) electrons. The van der Waals surface area contributed by atoms with Crippen LogP contribution in [0.25, 0.3) is 0 Å². The fourth-order valence-corrected chi connectivity index (χ4v) is 1.85. The van der Waals surface area contributed by atoms with Crippen molar-refractivity contribution in [3.63, 3.8) is 0 Å². The highest BCUT2D eigenvalue weighted by atomic mass is 35.5. The quantitative estimate of drug-likeness (QED) is 0.691. The van der Waals surface area contributed by atoms with Crippen LogP contribution in [-0.2, 0) is 4.74 Å². The Hall–Kier alpha value is -0.790. The van der Waals surface area contributed by atoms with E-state index < -0.39 is 0 Å². The third-order valence-electron chi connectivity index (χ3n) is 2.29. The molecule has 1 fully saturated rings. The Morgan fingerprint density at radius 1 is 1.43 bits per heavy atom. The highest BCUT2D eigenvalue weighted by Gasteiger charge is 2.42. The molecule has 2 rings (SSSR count). The van der Waals surface area contributed by atoms with Crippen LogP contribution in [0.15, 0.2) is 41.4 Å². The van der Waals surface area contributed by atoms with Crippen LogP contribution in [0, 0.1) is 0 Å². The van der Waals surface area contributed by atoms with Crippen molar-refractivity contribution >= 4 is 11.6 Å². The molecule has 0 spiro atoms. The van der Waals surface area contributed by atoms with Crippen molar-refractivity contribution in [2.24, 2.45) is 0 Å². The molecule has 1 aliphatic heterocycles. The maximum Gasteiger partial charge on any atom is 0.124 e. The molecule has 0 N–H and O–H groups in total. The van der Waals surface area contributed by atoms with Crippen LogP contribution >= 0.6 is 11.6 Å². The lowest BCUT2D eigenvalue weighted by Gasteiger charge is -1.94. The summed E-state index contributed by atoms with van der Waals surface area (Å²) in [6.07, 6.45) is 3.24. The summed E-state index contributed by atoms with van der Waals surface area (Å²) in [4.78, 5) is 0. The Bertz CT molecular complexity index is 331. The van der Waals surface area contributed by atoms with E-state index in [0.29, 0.717) is 0 Å². The third-order valence-corrected chi connectivity index (χ3v) is 2.66. The highest BCUT2D eigenvalue weighted by molar-refractivity contribution is 6.30. The van der Waals surface area contributed by atoms with E-state index in [2.05, 4.69) is 19.1 Å². The molecule has 0 amide bonds. The van der Waals surface area contributed by atoms with Crippen LogP contribution in [0.1, 0.15) is 25.0 Å². The first-order valence-corrected chi connectivity index (χ1v) is 5.26. The summed E-state index contributed by atoms with van der Waals surface area (Å²) in [5.74, 6) is 0. The summed E-state index contributed by atoms with van der Waals surface area (Å²) in [6.45, 7) is 2.07. The molecule has 1 saturated heterocycles. The van der Waals surface area contributed by atoms with Crippen LogP contribution in [0.2, 0.25) is 0 Å². The van der Waals surface area contributed by atoms with Gasteiger partial charge in [0, 0.05) is 5.03 Å². The van der Waals surface area contributed by atoms with Gasteiger partial charge in [-0.15, -0.1) is 0 Å². The van der Waals surface area contributed by atoms with Gasteiger partial charge in [0.1, 0.15) is 12.2 Å². The first-order valence-electron chi connectivity index (χ1n) is 4.89. The van der Waals surface area contributed by atoms with Crippen LogP contribution in [0.3, 0.4) is 0 Å². The number of epoxide rings is 1. The molecule has 0 saturated carbocycles. The van der Waals surface area contributed by atoms with Crippen LogP contribution in [0.4, 0.5) is 0 Å². The van der Waals surface area contributed by atoms with E-state index in [-0.39, 0.29) is 12.2 Å². The van der Waals surface area contributed by atoms with Crippen molar-refractivity contribution in [3.05, 3.63) is 47.0 Å². The molecular formula is C12H13ClO. The largest absolute Gasteiger partial charge is 0.358 e. The smallest absolute Gasteiger partial charge is 0.124 e. The van der Waals surface area contributed by atoms with Gasteiger partial charge in [-0.25, -0.2) is 0 Å². The average Bonchev–Trinajstić information content (AvgIpc) is 2.99. The first kappa shape index (κ1) is 9.75. The monoisotopic (exact) mass is 208 g/mol. The normalized spacial score (nSPS) is 26.3. The summed E-state index contributed by atoms with van der Waals surface area (Å²) in [5, 5.41) is 0.835. The van der Waals surface area contributed by atoms with Gasteiger partial charge >= 0.3 is 0 Å². The van der Waals surface area contributed by atoms with Gasteiger partial charge in [-0.2, -0.15) is 0 Å². The standard InChI is InChI=1S/C12H13ClO/c1-2-6-10(13)12-11(14-12)9-7-4-3-5-8-9/h3-8,11-12H,2H2,1H3/b10-6+/t11-,12+/m1/s1. The molecule has 1 aromatic rings. The lowest BCUT2D eigenvalue weighted by molar-refractivity contribution is 0.392. The van der Waals surface area contributed by atoms with Gasteiger partial charge in [-0.3, -0.25) is 0 Å². The number of benzene rings is 1. The number of ether oxygens (including phenoxy) is 1. The summed E-state index contributed by atoms with van der Waals surface area (Å²) in [6, 6.07) is 10.2. The Morgan fingerprint density at radius 2 is 2.14 bits per heavy atom. The summed E-state index contributed by atoms with van der Waals surface area (Å²) in [5.41, 5.74) is 1.21. The van der Waals surface area contributed by atoms with Gasteiger partial charge in [0.2, 0.25) is 0 Å². The van der Waals surface area contributed by atoms with Crippen molar-refractivity contribution in [3.8, 4) is 0 Å². The maximum absolute atomic E-state index is 6.06. The van der Waals surface area contributed by atoms with Gasteiger partial charge in [0.15, 0.2) is 0 Å². The van der Waals surface area contributed by atoms with E-state index in [1.807, 2.05) is 24.3 Å². The topological polar surface area (TPSA) is 12.5 Å². The predicted molar refractivity (Wildman–Crippen MR) is 58.3 cm³/mol. The molecule has 0 unspecified atom stereocenters. The lowest BCUT2D eigenvalue weighted by Crippen LogP contribution is -1.88. The minimum atomic E-state index is 0.0963. The molecule has 14 heavy (non-hydrogen) atoms. The second kappa shape index (κ2) is 4.16. The van der Waals surface area contributed by atoms with Crippen LogP contribution in [0.5, 0.6) is 0 Å². The molecule has 74 valence electrons. The molecule has 1 aromatic carbocycles. The maximum atomic E-state index is 6.06. The number of allylic oxidation sites excluding steroid dienone is 1. The second-order valence-corrected chi connectivity index (χ2v) is 3.82. The Labute approximate surface area is 89.3 Å². The van der Waals surface area contributed by atoms with Crippen molar-refractivity contribution in [2.75, 3.05) is 0 Å². The van der Waals surface area contributed by atoms with Crippen LogP contribution in [-0.4, -0.2) is 6.10 Å². The first-order chi connectivity index (χ1) is 6.83. The number of hydrogen-bond acceptors (Lipinski definition) is 1. The number of halogens is 1. The zero-order chi connectivity index (χ0) is 9.97. The molecule has 0 aromatic heterocycles. The van der Waals surface area contributed by atoms with Gasteiger partial charge in [-0.05, 0) is 12.0 Å². The fraction of sp³-hybridized carbons (Fsp3) is 0.333. The fourth-order valence-electron chi connectivity index (χ4n) is 1.53. The highest BCUT2D eigenvalue weighted by Crippen LogP contribution is 2.44. The van der Waals surface area contributed by atoms with Crippen molar-refractivity contribution in [1.82, 2.24) is 0 Å². The van der Waals surface area contributed by atoms with E-state index in [0.717, 1.165) is 11.5 Å². The molecule has 2 heteroatoms. The minimum Gasteiger partial charge on any atom is -0.358 e. The number of hydrogen-bond donors (Lipinski definition) is 0. The van der Waals surface area contributed by atoms with Crippen LogP contribution < -0.4 is 0 Å². The van der Waals surface area contributed by atoms with Gasteiger partial charge in [-0.1, -0.05) is 54.9 Å². The van der Waals surface area contributed by atoms with E-state index in [4.69, 9.17) is 16.3 Å². The summed E-state index contributed by atoms with van der Waals surface area (Å²) >= 11 is 6.06. The second-order valence-electron chi connectivity index (χ2n) is 3.39. The predicted octanol–water partition coefficient (Wildman–Crippen LogP) is 3.66. The molecule has 2 atom stereocenters. The minimum absolute atomic E-state index is 0.0963. The van der Waals surface area contributed by atoms with E-state index in [1.54, 1.807) is 0 Å².